The Hall–Kier alpha value is -3.32. The summed E-state index contributed by atoms with van der Waals surface area (Å²) in [5.74, 6) is 2.15. The average Bonchev–Trinajstić information content (AvgIpc) is 3.42. The number of para-hydroxylation sites is 1. The Morgan fingerprint density at radius 3 is 2.72 bits per heavy atom. The van der Waals surface area contributed by atoms with Crippen LogP contribution in [0.2, 0.25) is 0 Å². The minimum atomic E-state index is -0.143. The summed E-state index contributed by atoms with van der Waals surface area (Å²) in [5, 5.41) is 6.97. The van der Waals surface area contributed by atoms with Crippen LogP contribution >= 0.6 is 11.8 Å². The minimum absolute atomic E-state index is 0.143. The number of aromatic nitrogens is 2. The highest BCUT2D eigenvalue weighted by Gasteiger charge is 2.16. The van der Waals surface area contributed by atoms with Gasteiger partial charge in [0.05, 0.1) is 18.2 Å². The van der Waals surface area contributed by atoms with E-state index in [0.29, 0.717) is 35.1 Å². The zero-order valence-electron chi connectivity index (χ0n) is 15.8. The van der Waals surface area contributed by atoms with Crippen LogP contribution in [-0.4, -0.2) is 21.8 Å². The van der Waals surface area contributed by atoms with Gasteiger partial charge in [-0.25, -0.2) is 0 Å². The monoisotopic (exact) mass is 405 g/mol. The largest absolute Gasteiger partial charge is 0.461 e. The molecule has 0 aliphatic heterocycles. The first-order valence-electron chi connectivity index (χ1n) is 9.22. The maximum Gasteiger partial charge on any atom is 0.256 e. The summed E-state index contributed by atoms with van der Waals surface area (Å²) in [6.45, 7) is 2.07. The van der Waals surface area contributed by atoms with Crippen LogP contribution in [0.1, 0.15) is 28.7 Å². The van der Waals surface area contributed by atoms with E-state index in [1.807, 2.05) is 48.5 Å². The Labute approximate surface area is 172 Å². The van der Waals surface area contributed by atoms with Gasteiger partial charge in [0.25, 0.3) is 5.91 Å². The first-order valence-corrected chi connectivity index (χ1v) is 10.2. The molecule has 0 aliphatic carbocycles. The number of anilines is 1. The number of carbonyl (C=O) groups excluding carboxylic acids is 1. The van der Waals surface area contributed by atoms with E-state index in [1.54, 1.807) is 30.2 Å². The molecule has 2 aromatic carbocycles. The van der Waals surface area contributed by atoms with Crippen molar-refractivity contribution in [2.75, 3.05) is 11.1 Å². The van der Waals surface area contributed by atoms with Crippen molar-refractivity contribution >= 4 is 23.4 Å². The quantitative estimate of drug-likeness (QED) is 0.421. The zero-order valence-corrected chi connectivity index (χ0v) is 16.6. The van der Waals surface area contributed by atoms with Gasteiger partial charge in [0.2, 0.25) is 11.7 Å². The van der Waals surface area contributed by atoms with Crippen LogP contribution in [-0.2, 0) is 6.42 Å². The lowest BCUT2D eigenvalue weighted by atomic mass is 10.1. The van der Waals surface area contributed by atoms with Gasteiger partial charge in [0.15, 0.2) is 5.76 Å². The molecule has 0 bridgehead atoms. The lowest BCUT2D eigenvalue weighted by Crippen LogP contribution is -2.14. The van der Waals surface area contributed by atoms with Crippen LogP contribution in [0.4, 0.5) is 5.69 Å². The molecule has 0 saturated heterocycles. The number of hydrogen-bond acceptors (Lipinski definition) is 6. The number of benzene rings is 2. The number of hydrogen-bond donors (Lipinski definition) is 1. The number of furan rings is 1. The van der Waals surface area contributed by atoms with Gasteiger partial charge < -0.3 is 14.3 Å². The molecule has 0 atom stereocenters. The molecular formula is C22H19N3O3S. The van der Waals surface area contributed by atoms with Gasteiger partial charge in [-0.1, -0.05) is 42.4 Å². The van der Waals surface area contributed by atoms with Gasteiger partial charge >= 0.3 is 0 Å². The fourth-order valence-corrected chi connectivity index (χ4v) is 3.72. The molecule has 0 aliphatic rings. The fourth-order valence-electron chi connectivity index (χ4n) is 2.92. The summed E-state index contributed by atoms with van der Waals surface area (Å²) in [4.78, 5) is 18.2. The molecule has 6 nitrogen and oxygen atoms in total. The van der Waals surface area contributed by atoms with Crippen molar-refractivity contribution in [2.24, 2.45) is 0 Å². The smallest absolute Gasteiger partial charge is 0.256 e. The third-order valence-electron chi connectivity index (χ3n) is 4.25. The molecule has 0 fully saturated rings. The Balaban J connectivity index is 1.54. The van der Waals surface area contributed by atoms with E-state index in [-0.39, 0.29) is 5.91 Å². The molecule has 1 N–H and O–H groups in total. The van der Waals surface area contributed by atoms with Gasteiger partial charge in [-0.2, -0.15) is 4.98 Å². The number of thioether (sulfide) groups is 1. The highest BCUT2D eigenvalue weighted by atomic mass is 32.2. The van der Waals surface area contributed by atoms with Crippen LogP contribution in [0, 0.1) is 0 Å². The first-order chi connectivity index (χ1) is 14.2. The summed E-state index contributed by atoms with van der Waals surface area (Å²) in [7, 11) is 0. The van der Waals surface area contributed by atoms with Crippen LogP contribution in [0.25, 0.3) is 11.6 Å². The van der Waals surface area contributed by atoms with E-state index < -0.39 is 0 Å². The Kier molecular flexibility index (Phi) is 5.76. The lowest BCUT2D eigenvalue weighted by Gasteiger charge is -2.12. The van der Waals surface area contributed by atoms with E-state index in [1.165, 1.54) is 0 Å². The summed E-state index contributed by atoms with van der Waals surface area (Å²) >= 11 is 1.65. The molecule has 4 rings (SSSR count). The second-order valence-electron chi connectivity index (χ2n) is 6.21. The lowest BCUT2D eigenvalue weighted by molar-refractivity contribution is 0.102. The van der Waals surface area contributed by atoms with Crippen LogP contribution in [0.5, 0.6) is 0 Å². The van der Waals surface area contributed by atoms with Gasteiger partial charge in [-0.05, 0) is 41.6 Å². The number of carbonyl (C=O) groups is 1. The van der Waals surface area contributed by atoms with Gasteiger partial charge in [-0.3, -0.25) is 4.79 Å². The predicted octanol–water partition coefficient (Wildman–Crippen LogP) is 5.28. The van der Waals surface area contributed by atoms with E-state index in [0.717, 1.165) is 16.2 Å². The number of nitrogens with one attached hydrogen (secondary N) is 1. The Bertz CT molecular complexity index is 1110. The number of amides is 1. The molecular weight excluding hydrogens is 386 g/mol. The van der Waals surface area contributed by atoms with Crippen molar-refractivity contribution in [1.82, 2.24) is 10.1 Å². The Morgan fingerprint density at radius 1 is 1.07 bits per heavy atom. The zero-order chi connectivity index (χ0) is 20.1. The predicted molar refractivity (Wildman–Crippen MR) is 112 cm³/mol. The standard InChI is InChI=1S/C22H19N3O3S/c1-2-29-19-12-6-4-9-16(19)22(26)23-17-10-5-3-8-15(17)14-20-24-21(25-28-20)18-11-7-13-27-18/h3-13H,2,14H2,1H3,(H,23,26). The highest BCUT2D eigenvalue weighted by Crippen LogP contribution is 2.25. The molecule has 0 radical (unpaired) electrons. The van der Waals surface area contributed by atoms with E-state index in [9.17, 15) is 4.79 Å². The topological polar surface area (TPSA) is 81.2 Å². The highest BCUT2D eigenvalue weighted by molar-refractivity contribution is 7.99. The van der Waals surface area contributed by atoms with Crippen LogP contribution < -0.4 is 5.32 Å². The third-order valence-corrected chi connectivity index (χ3v) is 5.20. The van der Waals surface area contributed by atoms with E-state index in [4.69, 9.17) is 8.94 Å². The molecule has 0 spiro atoms. The number of nitrogens with zero attached hydrogens (tertiary/aromatic N) is 2. The average molecular weight is 405 g/mol. The van der Waals surface area contributed by atoms with Crippen molar-refractivity contribution < 1.29 is 13.7 Å². The van der Waals surface area contributed by atoms with Crippen LogP contribution in [0.3, 0.4) is 0 Å². The summed E-state index contributed by atoms with van der Waals surface area (Å²) in [6, 6.07) is 18.7. The first kappa shape index (κ1) is 19.0. The molecule has 0 unspecified atom stereocenters. The third kappa shape index (κ3) is 4.41. The van der Waals surface area contributed by atoms with Crippen molar-refractivity contribution in [3.63, 3.8) is 0 Å². The van der Waals surface area contributed by atoms with Crippen LogP contribution in [0.15, 0.2) is 80.8 Å². The second-order valence-corrected chi connectivity index (χ2v) is 7.51. The summed E-state index contributed by atoms with van der Waals surface area (Å²) in [6.07, 6.45) is 1.96. The SMILES string of the molecule is CCSc1ccccc1C(=O)Nc1ccccc1Cc1nc(-c2ccco2)no1. The summed E-state index contributed by atoms with van der Waals surface area (Å²) < 4.78 is 10.6. The maximum absolute atomic E-state index is 12.9. The van der Waals surface area contributed by atoms with E-state index >= 15 is 0 Å². The van der Waals surface area contributed by atoms with Crippen molar-refractivity contribution in [2.45, 2.75) is 18.2 Å². The Morgan fingerprint density at radius 2 is 1.90 bits per heavy atom. The molecule has 7 heteroatoms. The molecule has 1 amide bonds. The van der Waals surface area contributed by atoms with Crippen molar-refractivity contribution in [3.05, 3.63) is 83.9 Å². The summed E-state index contributed by atoms with van der Waals surface area (Å²) in [5.41, 5.74) is 2.26. The molecule has 0 saturated carbocycles. The molecule has 2 aromatic heterocycles. The van der Waals surface area contributed by atoms with Gasteiger partial charge in [-0.15, -0.1) is 11.8 Å². The molecule has 29 heavy (non-hydrogen) atoms. The maximum atomic E-state index is 12.9. The second kappa shape index (κ2) is 8.79. The van der Waals surface area contributed by atoms with E-state index in [2.05, 4.69) is 22.4 Å². The van der Waals surface area contributed by atoms with Gasteiger partial charge in [0, 0.05) is 10.6 Å². The minimum Gasteiger partial charge on any atom is -0.461 e. The normalized spacial score (nSPS) is 10.8. The fraction of sp³-hybridized carbons (Fsp3) is 0.136. The number of rotatable bonds is 7. The molecule has 146 valence electrons. The van der Waals surface area contributed by atoms with Gasteiger partial charge in [0.1, 0.15) is 0 Å². The molecule has 4 aromatic rings. The van der Waals surface area contributed by atoms with Crippen molar-refractivity contribution in [1.29, 1.82) is 0 Å². The molecule has 2 heterocycles. The van der Waals surface area contributed by atoms with Crippen molar-refractivity contribution in [3.8, 4) is 11.6 Å².